The first-order valence-electron chi connectivity index (χ1n) is 4.10. The van der Waals surface area contributed by atoms with Gasteiger partial charge in [0.05, 0.1) is 12.7 Å². The molecule has 0 aromatic rings. The summed E-state index contributed by atoms with van der Waals surface area (Å²) >= 11 is 0. The van der Waals surface area contributed by atoms with Gasteiger partial charge in [-0.15, -0.1) is 9.35 Å². The summed E-state index contributed by atoms with van der Waals surface area (Å²) in [5.41, 5.74) is 0. The highest BCUT2D eigenvalue weighted by molar-refractivity contribution is 7.52. The maximum absolute atomic E-state index is 10.8. The smallest absolute Gasteiger partial charge is 0.379 e. The van der Waals surface area contributed by atoms with E-state index in [0.29, 0.717) is 6.61 Å². The Morgan fingerprint density at radius 1 is 1.46 bits per heavy atom. The van der Waals surface area contributed by atoms with Gasteiger partial charge in [0.15, 0.2) is 6.79 Å². The topological polar surface area (TPSA) is 69.8 Å². The summed E-state index contributed by atoms with van der Waals surface area (Å²) in [6.07, 6.45) is 1.95. The predicted molar refractivity (Wildman–Crippen MR) is 40.7 cm³/mol. The van der Waals surface area contributed by atoms with E-state index < -0.39 is 7.82 Å². The molecule has 7 heteroatoms. The first-order chi connectivity index (χ1) is 6.29. The molecule has 6 nitrogen and oxygen atoms in total. The predicted octanol–water partition coefficient (Wildman–Crippen LogP) is 1.23. The largest absolute Gasteiger partial charge is 0.532 e. The van der Waals surface area contributed by atoms with Gasteiger partial charge in [0.2, 0.25) is 0 Å². The van der Waals surface area contributed by atoms with Crippen molar-refractivity contribution in [2.45, 2.75) is 18.9 Å². The van der Waals surface area contributed by atoms with Crippen molar-refractivity contribution in [3.05, 3.63) is 0 Å². The molecule has 0 bridgehead atoms. The standard InChI is InChI=1S/C6H11O6P/c7-13(11-12-13)10-5-9-6-2-1-3-8-4-6/h6H,1-5H2. The first kappa shape index (κ1) is 9.58. The van der Waals surface area contributed by atoms with Gasteiger partial charge in [0, 0.05) is 6.61 Å². The van der Waals surface area contributed by atoms with Gasteiger partial charge in [-0.3, -0.25) is 4.52 Å². The summed E-state index contributed by atoms with van der Waals surface area (Å²) < 4.78 is 34.1. The molecule has 1 unspecified atom stereocenters. The Hall–Kier alpha value is 0.0300. The van der Waals surface area contributed by atoms with E-state index in [1.165, 1.54) is 0 Å². The molecule has 2 rings (SSSR count). The van der Waals surface area contributed by atoms with Gasteiger partial charge in [-0.2, -0.15) is 0 Å². The maximum Gasteiger partial charge on any atom is 0.532 e. The molecule has 1 atom stereocenters. The van der Waals surface area contributed by atoms with Crippen molar-refractivity contribution < 1.29 is 27.9 Å². The molecule has 2 aliphatic heterocycles. The molecule has 2 saturated heterocycles. The van der Waals surface area contributed by atoms with Crippen molar-refractivity contribution in [3.63, 3.8) is 0 Å². The third kappa shape index (κ3) is 3.02. The van der Waals surface area contributed by atoms with Crippen LogP contribution in [0.2, 0.25) is 0 Å². The van der Waals surface area contributed by atoms with Crippen LogP contribution in [0.5, 0.6) is 0 Å². The van der Waals surface area contributed by atoms with E-state index in [4.69, 9.17) is 9.47 Å². The van der Waals surface area contributed by atoms with E-state index in [9.17, 15) is 4.57 Å². The van der Waals surface area contributed by atoms with Crippen LogP contribution in [0.25, 0.3) is 0 Å². The average Bonchev–Trinajstić information content (AvgIpc) is 2.86. The molecule has 0 aliphatic carbocycles. The third-order valence-electron chi connectivity index (χ3n) is 1.83. The van der Waals surface area contributed by atoms with Crippen molar-refractivity contribution in [3.8, 4) is 0 Å². The van der Waals surface area contributed by atoms with Crippen LogP contribution in [-0.4, -0.2) is 26.1 Å². The minimum Gasteiger partial charge on any atom is -0.379 e. The molecular weight excluding hydrogens is 199 g/mol. The molecule has 0 radical (unpaired) electrons. The Kier molecular flexibility index (Phi) is 2.98. The number of rotatable bonds is 4. The van der Waals surface area contributed by atoms with E-state index >= 15 is 0 Å². The first-order valence-corrected chi connectivity index (χ1v) is 5.56. The minimum absolute atomic E-state index is 0.0281. The zero-order valence-corrected chi connectivity index (χ0v) is 7.90. The van der Waals surface area contributed by atoms with Crippen LogP contribution >= 0.6 is 7.82 Å². The van der Waals surface area contributed by atoms with Crippen molar-refractivity contribution in [1.82, 2.24) is 0 Å². The molecule has 2 fully saturated rings. The van der Waals surface area contributed by atoms with Gasteiger partial charge in [-0.05, 0) is 12.8 Å². The lowest BCUT2D eigenvalue weighted by molar-refractivity contribution is -0.0931. The molecule has 13 heavy (non-hydrogen) atoms. The van der Waals surface area contributed by atoms with E-state index in [1.54, 1.807) is 0 Å². The second-order valence-corrected chi connectivity index (χ2v) is 4.30. The summed E-state index contributed by atoms with van der Waals surface area (Å²) in [7, 11) is -3.15. The molecule has 0 N–H and O–H groups in total. The Bertz CT molecular complexity index is 205. The summed E-state index contributed by atoms with van der Waals surface area (Å²) in [6, 6.07) is 0. The fraction of sp³-hybridized carbons (Fsp3) is 1.00. The van der Waals surface area contributed by atoms with Crippen LogP contribution in [0.15, 0.2) is 0 Å². The molecular formula is C6H11O6P. The quantitative estimate of drug-likeness (QED) is 0.301. The van der Waals surface area contributed by atoms with Crippen molar-refractivity contribution in [2.24, 2.45) is 0 Å². The van der Waals surface area contributed by atoms with Gasteiger partial charge in [-0.25, -0.2) is 4.57 Å². The summed E-state index contributed by atoms with van der Waals surface area (Å²) in [5, 5.41) is 0. The van der Waals surface area contributed by atoms with Crippen molar-refractivity contribution in [1.29, 1.82) is 0 Å². The summed E-state index contributed by atoms with van der Waals surface area (Å²) in [5.74, 6) is 0. The SMILES string of the molecule is O=P1(OCOC2CCCOC2)OO1. The highest BCUT2D eigenvalue weighted by Crippen LogP contribution is 2.65. The average molecular weight is 210 g/mol. The zero-order valence-electron chi connectivity index (χ0n) is 7.01. The zero-order chi connectivity index (χ0) is 9.15. The van der Waals surface area contributed by atoms with Gasteiger partial charge < -0.3 is 9.47 Å². The lowest BCUT2D eigenvalue weighted by Crippen LogP contribution is -2.25. The van der Waals surface area contributed by atoms with Gasteiger partial charge >= 0.3 is 7.82 Å². The van der Waals surface area contributed by atoms with Crippen LogP contribution in [0.3, 0.4) is 0 Å². The minimum atomic E-state index is -3.15. The molecule has 76 valence electrons. The van der Waals surface area contributed by atoms with Crippen LogP contribution in [0.1, 0.15) is 12.8 Å². The number of phosphoric acid groups is 1. The molecule has 2 aliphatic rings. The summed E-state index contributed by atoms with van der Waals surface area (Å²) in [6.45, 7) is 1.27. The van der Waals surface area contributed by atoms with E-state index in [0.717, 1.165) is 19.4 Å². The normalized spacial score (nSPS) is 31.5. The Balaban J connectivity index is 1.58. The van der Waals surface area contributed by atoms with Crippen molar-refractivity contribution in [2.75, 3.05) is 20.0 Å². The number of ether oxygens (including phenoxy) is 2. The molecule has 2 heterocycles. The molecule has 0 amide bonds. The Morgan fingerprint density at radius 2 is 2.31 bits per heavy atom. The third-order valence-corrected chi connectivity index (χ3v) is 2.64. The fourth-order valence-corrected chi connectivity index (χ4v) is 1.60. The van der Waals surface area contributed by atoms with E-state index in [2.05, 4.69) is 13.9 Å². The Morgan fingerprint density at radius 3 is 2.92 bits per heavy atom. The lowest BCUT2D eigenvalue weighted by Gasteiger charge is -2.21. The second-order valence-electron chi connectivity index (χ2n) is 2.85. The van der Waals surface area contributed by atoms with Crippen LogP contribution in [0.4, 0.5) is 0 Å². The van der Waals surface area contributed by atoms with Crippen LogP contribution in [-0.2, 0) is 27.9 Å². The highest BCUT2D eigenvalue weighted by Gasteiger charge is 2.46. The van der Waals surface area contributed by atoms with Gasteiger partial charge in [0.1, 0.15) is 0 Å². The van der Waals surface area contributed by atoms with Crippen LogP contribution < -0.4 is 0 Å². The lowest BCUT2D eigenvalue weighted by atomic mass is 10.2. The Labute approximate surface area is 75.6 Å². The van der Waals surface area contributed by atoms with E-state index in [1.807, 2.05) is 0 Å². The second kappa shape index (κ2) is 4.04. The van der Waals surface area contributed by atoms with E-state index in [-0.39, 0.29) is 12.9 Å². The highest BCUT2D eigenvalue weighted by atomic mass is 31.2. The number of hydrogen-bond acceptors (Lipinski definition) is 6. The van der Waals surface area contributed by atoms with Crippen LogP contribution in [0, 0.1) is 0 Å². The van der Waals surface area contributed by atoms with Gasteiger partial charge in [-0.1, -0.05) is 0 Å². The number of hydrogen-bond donors (Lipinski definition) is 0. The molecule has 0 aromatic carbocycles. The molecule has 0 saturated carbocycles. The van der Waals surface area contributed by atoms with Crippen molar-refractivity contribution >= 4 is 7.82 Å². The summed E-state index contributed by atoms with van der Waals surface area (Å²) in [4.78, 5) is 0. The van der Waals surface area contributed by atoms with Gasteiger partial charge in [0.25, 0.3) is 0 Å². The fourth-order valence-electron chi connectivity index (χ4n) is 1.10. The maximum atomic E-state index is 10.8. The molecule has 0 spiro atoms. The molecule has 0 aromatic heterocycles. The monoisotopic (exact) mass is 210 g/mol.